The van der Waals surface area contributed by atoms with Crippen molar-refractivity contribution in [3.05, 3.63) is 11.8 Å². The highest BCUT2D eigenvalue weighted by Gasteiger charge is 2.38. The Morgan fingerprint density at radius 3 is 2.28 bits per heavy atom. The smallest absolute Gasteiger partial charge is 0.373 e. The van der Waals surface area contributed by atoms with E-state index in [0.29, 0.717) is 12.7 Å². The zero-order valence-corrected chi connectivity index (χ0v) is 15.5. The standard InChI is InChI=1S/C17H28O8/c1-6-7-8-9-14(17(2,11-18)24-12-21-3)25-13(16(20)23-5)10-15(19)22-4/h10-11,14H,6-9,12H2,1-5H3/b13-10+/t14-,17-/m1/s1. The Hall–Kier alpha value is -1.93. The van der Waals surface area contributed by atoms with Crippen LogP contribution in [0, 0.1) is 0 Å². The van der Waals surface area contributed by atoms with Gasteiger partial charge in [-0.05, 0) is 19.8 Å². The molecule has 0 radical (unpaired) electrons. The second-order valence-corrected chi connectivity index (χ2v) is 5.48. The third-order valence-corrected chi connectivity index (χ3v) is 3.54. The monoisotopic (exact) mass is 360 g/mol. The molecular formula is C17H28O8. The molecule has 144 valence electrons. The topological polar surface area (TPSA) is 97.4 Å². The fourth-order valence-electron chi connectivity index (χ4n) is 1.99. The lowest BCUT2D eigenvalue weighted by Crippen LogP contribution is -2.46. The number of hydrogen-bond acceptors (Lipinski definition) is 8. The van der Waals surface area contributed by atoms with Gasteiger partial charge in [-0.2, -0.15) is 0 Å². The van der Waals surface area contributed by atoms with Crippen molar-refractivity contribution < 1.29 is 38.1 Å². The summed E-state index contributed by atoms with van der Waals surface area (Å²) in [4.78, 5) is 35.0. The minimum Gasteiger partial charge on any atom is -0.479 e. The number of ether oxygens (including phenoxy) is 5. The summed E-state index contributed by atoms with van der Waals surface area (Å²) >= 11 is 0. The lowest BCUT2D eigenvalue weighted by Gasteiger charge is -2.33. The molecule has 0 heterocycles. The van der Waals surface area contributed by atoms with Gasteiger partial charge in [0.15, 0.2) is 11.9 Å². The lowest BCUT2D eigenvalue weighted by molar-refractivity contribution is -0.179. The highest BCUT2D eigenvalue weighted by molar-refractivity contribution is 5.94. The van der Waals surface area contributed by atoms with Crippen LogP contribution in [0.3, 0.4) is 0 Å². The van der Waals surface area contributed by atoms with E-state index in [1.54, 1.807) is 0 Å². The number of rotatable bonds is 13. The van der Waals surface area contributed by atoms with Gasteiger partial charge in [0.25, 0.3) is 0 Å². The van der Waals surface area contributed by atoms with Crippen molar-refractivity contribution >= 4 is 18.2 Å². The van der Waals surface area contributed by atoms with Crippen LogP contribution < -0.4 is 0 Å². The van der Waals surface area contributed by atoms with Crippen LogP contribution in [0.5, 0.6) is 0 Å². The van der Waals surface area contributed by atoms with E-state index in [1.165, 1.54) is 21.1 Å². The molecular weight excluding hydrogens is 332 g/mol. The first-order valence-corrected chi connectivity index (χ1v) is 8.02. The number of hydrogen-bond donors (Lipinski definition) is 0. The molecule has 8 nitrogen and oxygen atoms in total. The molecule has 0 saturated carbocycles. The molecule has 0 N–H and O–H groups in total. The van der Waals surface area contributed by atoms with Crippen LogP contribution in [-0.2, 0) is 38.1 Å². The van der Waals surface area contributed by atoms with Gasteiger partial charge >= 0.3 is 11.9 Å². The summed E-state index contributed by atoms with van der Waals surface area (Å²) in [6, 6.07) is 0. The van der Waals surface area contributed by atoms with Gasteiger partial charge in [-0.3, -0.25) is 4.79 Å². The molecule has 0 fully saturated rings. The van der Waals surface area contributed by atoms with E-state index in [4.69, 9.17) is 14.2 Å². The highest BCUT2D eigenvalue weighted by Crippen LogP contribution is 2.25. The largest absolute Gasteiger partial charge is 0.479 e. The van der Waals surface area contributed by atoms with E-state index in [-0.39, 0.29) is 12.6 Å². The van der Waals surface area contributed by atoms with Gasteiger partial charge in [0.2, 0.25) is 5.76 Å². The van der Waals surface area contributed by atoms with Crippen molar-refractivity contribution in [3.8, 4) is 0 Å². The van der Waals surface area contributed by atoms with Gasteiger partial charge in [-0.25, -0.2) is 9.59 Å². The van der Waals surface area contributed by atoms with Gasteiger partial charge in [0.05, 0.1) is 20.3 Å². The molecule has 25 heavy (non-hydrogen) atoms. The van der Waals surface area contributed by atoms with Gasteiger partial charge in [0.1, 0.15) is 12.9 Å². The first kappa shape index (κ1) is 23.1. The highest BCUT2D eigenvalue weighted by atomic mass is 16.7. The Bertz CT molecular complexity index is 460. The predicted molar refractivity (Wildman–Crippen MR) is 88.6 cm³/mol. The molecule has 2 atom stereocenters. The molecule has 0 aromatic rings. The van der Waals surface area contributed by atoms with Crippen LogP contribution in [0.25, 0.3) is 0 Å². The Labute approximate surface area is 148 Å². The van der Waals surface area contributed by atoms with Crippen LogP contribution >= 0.6 is 0 Å². The van der Waals surface area contributed by atoms with E-state index < -0.39 is 23.6 Å². The summed E-state index contributed by atoms with van der Waals surface area (Å²) in [6.45, 7) is 3.44. The zero-order chi connectivity index (χ0) is 19.3. The molecule has 0 aromatic heterocycles. The second-order valence-electron chi connectivity index (χ2n) is 5.48. The van der Waals surface area contributed by atoms with E-state index in [2.05, 4.69) is 9.47 Å². The summed E-state index contributed by atoms with van der Waals surface area (Å²) in [5.74, 6) is -1.99. The Morgan fingerprint density at radius 1 is 1.12 bits per heavy atom. The summed E-state index contributed by atoms with van der Waals surface area (Å²) in [6.07, 6.45) is 3.70. The average molecular weight is 360 g/mol. The fraction of sp³-hybridized carbons (Fsp3) is 0.706. The number of carbonyl (C=O) groups excluding carboxylic acids is 3. The SMILES string of the molecule is CCCCC[C@@H](O/C(=C/C(=O)OC)C(=O)OC)[C@@](C)(C=O)OCOC. The van der Waals surface area contributed by atoms with E-state index in [0.717, 1.165) is 32.4 Å². The molecule has 0 bridgehead atoms. The summed E-state index contributed by atoms with van der Waals surface area (Å²) < 4.78 is 25.1. The Morgan fingerprint density at radius 2 is 1.80 bits per heavy atom. The number of carbonyl (C=O) groups is 3. The van der Waals surface area contributed by atoms with Crippen molar-refractivity contribution in [1.29, 1.82) is 0 Å². The third-order valence-electron chi connectivity index (χ3n) is 3.54. The maximum Gasteiger partial charge on any atom is 0.373 e. The third kappa shape index (κ3) is 8.13. The van der Waals surface area contributed by atoms with Gasteiger partial charge in [-0.1, -0.05) is 19.8 Å². The van der Waals surface area contributed by atoms with Crippen LogP contribution in [0.4, 0.5) is 0 Å². The summed E-state index contributed by atoms with van der Waals surface area (Å²) in [7, 11) is 3.75. The normalized spacial score (nSPS) is 15.0. The van der Waals surface area contributed by atoms with E-state index in [1.807, 2.05) is 6.92 Å². The predicted octanol–water partition coefficient (Wildman–Crippen LogP) is 1.76. The van der Waals surface area contributed by atoms with Crippen molar-refractivity contribution in [3.63, 3.8) is 0 Å². The minimum atomic E-state index is -1.37. The first-order valence-electron chi connectivity index (χ1n) is 8.02. The molecule has 0 aliphatic heterocycles. The minimum absolute atomic E-state index is 0.128. The quantitative estimate of drug-likeness (QED) is 0.122. The molecule has 0 unspecified atom stereocenters. The molecule has 0 aliphatic carbocycles. The van der Waals surface area contributed by atoms with E-state index >= 15 is 0 Å². The summed E-state index contributed by atoms with van der Waals surface area (Å²) in [5.41, 5.74) is -1.37. The van der Waals surface area contributed by atoms with Crippen molar-refractivity contribution in [2.24, 2.45) is 0 Å². The Kier molecular flexibility index (Phi) is 11.5. The number of unbranched alkanes of at least 4 members (excludes halogenated alkanes) is 2. The van der Waals surface area contributed by atoms with Crippen LogP contribution in [0.15, 0.2) is 11.8 Å². The number of methoxy groups -OCH3 is 3. The molecule has 0 spiro atoms. The number of aldehydes is 1. The molecule has 0 aromatic carbocycles. The molecule has 0 aliphatic rings. The fourth-order valence-corrected chi connectivity index (χ4v) is 1.99. The Balaban J connectivity index is 5.53. The molecule has 8 heteroatoms. The maximum atomic E-state index is 11.9. The zero-order valence-electron chi connectivity index (χ0n) is 15.5. The van der Waals surface area contributed by atoms with Crippen LogP contribution in [-0.4, -0.2) is 58.1 Å². The lowest BCUT2D eigenvalue weighted by atomic mass is 9.95. The second kappa shape index (κ2) is 12.4. The van der Waals surface area contributed by atoms with Crippen LogP contribution in [0.1, 0.15) is 39.5 Å². The van der Waals surface area contributed by atoms with Crippen molar-refractivity contribution in [1.82, 2.24) is 0 Å². The van der Waals surface area contributed by atoms with Crippen molar-refractivity contribution in [2.45, 2.75) is 51.2 Å². The molecule has 0 amide bonds. The summed E-state index contributed by atoms with van der Waals surface area (Å²) in [5, 5.41) is 0. The molecule has 0 rings (SSSR count). The van der Waals surface area contributed by atoms with Gasteiger partial charge in [-0.15, -0.1) is 0 Å². The van der Waals surface area contributed by atoms with Crippen molar-refractivity contribution in [2.75, 3.05) is 28.1 Å². The average Bonchev–Trinajstić information content (AvgIpc) is 2.63. The van der Waals surface area contributed by atoms with E-state index in [9.17, 15) is 14.4 Å². The first-order chi connectivity index (χ1) is 11.9. The number of esters is 2. The molecule has 0 saturated heterocycles. The maximum absolute atomic E-state index is 11.9. The van der Waals surface area contributed by atoms with Crippen LogP contribution in [0.2, 0.25) is 0 Å². The van der Waals surface area contributed by atoms with Gasteiger partial charge in [0, 0.05) is 7.11 Å². The van der Waals surface area contributed by atoms with Gasteiger partial charge < -0.3 is 23.7 Å².